The first-order valence-electron chi connectivity index (χ1n) is 4.03. The highest BCUT2D eigenvalue weighted by Gasteiger charge is 2.29. The predicted molar refractivity (Wildman–Crippen MR) is 51.5 cm³/mol. The fourth-order valence-electron chi connectivity index (χ4n) is 1.09. The van der Waals surface area contributed by atoms with Gasteiger partial charge in [0.25, 0.3) is 5.24 Å². The minimum absolute atomic E-state index is 0.0659. The van der Waals surface area contributed by atoms with Crippen molar-refractivity contribution in [2.24, 2.45) is 5.73 Å². The Balaban J connectivity index is 2.43. The molecule has 0 bridgehead atoms. The molecule has 6 heteroatoms. The first kappa shape index (κ1) is 10.3. The topological polar surface area (TPSA) is 75.4 Å². The van der Waals surface area contributed by atoms with Crippen LogP contribution >= 0.6 is 11.8 Å². The lowest BCUT2D eigenvalue weighted by atomic mass is 10.3. The Labute approximate surface area is 81.0 Å². The molecule has 1 heterocycles. The third kappa shape index (κ3) is 2.60. The molecule has 0 saturated carbocycles. The molecule has 0 aliphatic carbocycles. The van der Waals surface area contributed by atoms with Crippen LogP contribution < -0.4 is 11.1 Å². The second-order valence-electron chi connectivity index (χ2n) is 2.84. The first-order chi connectivity index (χ1) is 6.15. The van der Waals surface area contributed by atoms with Crippen LogP contribution in [0.3, 0.4) is 0 Å². The lowest BCUT2D eigenvalue weighted by Gasteiger charge is -2.19. The van der Waals surface area contributed by atoms with Gasteiger partial charge >= 0.3 is 0 Å². The first-order valence-corrected chi connectivity index (χ1v) is 5.02. The maximum absolute atomic E-state index is 11.5. The van der Waals surface area contributed by atoms with Crippen molar-refractivity contribution in [1.29, 1.82) is 0 Å². The smallest absolute Gasteiger partial charge is 0.279 e. The fourth-order valence-corrected chi connectivity index (χ4v) is 1.86. The van der Waals surface area contributed by atoms with Crippen molar-refractivity contribution in [1.82, 2.24) is 10.2 Å². The number of nitrogens with one attached hydrogen (secondary N) is 1. The fraction of sp³-hybridized carbons (Fsp3) is 0.714. The van der Waals surface area contributed by atoms with E-state index in [0.717, 1.165) is 11.8 Å². The van der Waals surface area contributed by atoms with E-state index >= 15 is 0 Å². The summed E-state index contributed by atoms with van der Waals surface area (Å²) >= 11 is 1.14. The van der Waals surface area contributed by atoms with Crippen molar-refractivity contribution in [3.63, 3.8) is 0 Å². The zero-order chi connectivity index (χ0) is 9.84. The van der Waals surface area contributed by atoms with Gasteiger partial charge in [0.05, 0.1) is 0 Å². The summed E-state index contributed by atoms with van der Waals surface area (Å²) in [6, 6.07) is -0.367. The molecule has 1 atom stereocenters. The minimum Gasteiger partial charge on any atom is -0.343 e. The summed E-state index contributed by atoms with van der Waals surface area (Å²) in [4.78, 5) is 23.9. The molecule has 5 nitrogen and oxygen atoms in total. The number of hydrogen-bond donors (Lipinski definition) is 2. The van der Waals surface area contributed by atoms with E-state index in [9.17, 15) is 9.59 Å². The molecular formula is C7H13N3O2S. The summed E-state index contributed by atoms with van der Waals surface area (Å²) in [5.74, 6) is 0.454. The molecule has 1 rings (SSSR count). The number of rotatable bonds is 3. The van der Waals surface area contributed by atoms with Crippen molar-refractivity contribution >= 4 is 22.9 Å². The Morgan fingerprint density at radius 2 is 2.54 bits per heavy atom. The van der Waals surface area contributed by atoms with E-state index < -0.39 is 0 Å². The number of thioether (sulfide) groups is 1. The maximum atomic E-state index is 11.5. The van der Waals surface area contributed by atoms with Crippen LogP contribution in [-0.2, 0) is 4.79 Å². The Kier molecular flexibility index (Phi) is 3.56. The average molecular weight is 203 g/mol. The van der Waals surface area contributed by atoms with Gasteiger partial charge in [-0.25, -0.2) is 0 Å². The van der Waals surface area contributed by atoms with E-state index in [-0.39, 0.29) is 17.2 Å². The van der Waals surface area contributed by atoms with Crippen LogP contribution in [0.4, 0.5) is 4.79 Å². The van der Waals surface area contributed by atoms with Crippen LogP contribution in [0.1, 0.15) is 0 Å². The summed E-state index contributed by atoms with van der Waals surface area (Å²) in [7, 11) is 1.68. The molecule has 2 amide bonds. The molecule has 13 heavy (non-hydrogen) atoms. The van der Waals surface area contributed by atoms with E-state index in [1.807, 2.05) is 0 Å². The quantitative estimate of drug-likeness (QED) is 0.631. The molecule has 0 radical (unpaired) electrons. The van der Waals surface area contributed by atoms with Gasteiger partial charge in [-0.1, -0.05) is 11.8 Å². The molecule has 1 aliphatic rings. The highest BCUT2D eigenvalue weighted by molar-refractivity contribution is 8.14. The molecule has 0 spiro atoms. The SMILES string of the molecule is CN(CCN)C(=O)C1CSC(=O)N1. The van der Waals surface area contributed by atoms with Gasteiger partial charge in [0.1, 0.15) is 6.04 Å². The number of nitrogens with two attached hydrogens (primary N) is 1. The van der Waals surface area contributed by atoms with Gasteiger partial charge in [-0.15, -0.1) is 0 Å². The van der Waals surface area contributed by atoms with E-state index in [1.54, 1.807) is 7.05 Å². The monoisotopic (exact) mass is 203 g/mol. The van der Waals surface area contributed by atoms with Crippen LogP contribution in [0.2, 0.25) is 0 Å². The minimum atomic E-state index is -0.367. The molecule has 0 aromatic heterocycles. The van der Waals surface area contributed by atoms with Crippen molar-refractivity contribution in [3.8, 4) is 0 Å². The second kappa shape index (κ2) is 4.48. The Hall–Kier alpha value is -0.750. The van der Waals surface area contributed by atoms with Crippen LogP contribution in [-0.4, -0.2) is 48.0 Å². The van der Waals surface area contributed by atoms with Gasteiger partial charge < -0.3 is 16.0 Å². The molecule has 1 fully saturated rings. The maximum Gasteiger partial charge on any atom is 0.279 e. The van der Waals surface area contributed by atoms with Gasteiger partial charge in [-0.3, -0.25) is 9.59 Å². The number of hydrogen-bond acceptors (Lipinski definition) is 4. The number of nitrogens with zero attached hydrogens (tertiary/aromatic N) is 1. The molecule has 1 aliphatic heterocycles. The summed E-state index contributed by atoms with van der Waals surface area (Å²) in [5, 5.41) is 2.46. The van der Waals surface area contributed by atoms with Gasteiger partial charge in [0.2, 0.25) is 5.91 Å². The van der Waals surface area contributed by atoms with Crippen molar-refractivity contribution in [3.05, 3.63) is 0 Å². The number of carbonyl (C=O) groups excluding carboxylic acids is 2. The number of likely N-dealkylation sites (N-methyl/N-ethyl adjacent to an activating group) is 1. The molecule has 1 unspecified atom stereocenters. The second-order valence-corrected chi connectivity index (χ2v) is 3.84. The zero-order valence-electron chi connectivity index (χ0n) is 7.45. The molecule has 1 saturated heterocycles. The lowest BCUT2D eigenvalue weighted by Crippen LogP contribution is -2.45. The Morgan fingerprint density at radius 1 is 1.85 bits per heavy atom. The highest BCUT2D eigenvalue weighted by atomic mass is 32.2. The number of carbonyl (C=O) groups is 2. The van der Waals surface area contributed by atoms with Crippen LogP contribution in [0.15, 0.2) is 0 Å². The molecular weight excluding hydrogens is 190 g/mol. The zero-order valence-corrected chi connectivity index (χ0v) is 8.26. The van der Waals surface area contributed by atoms with E-state index in [0.29, 0.717) is 18.8 Å². The van der Waals surface area contributed by atoms with Crippen molar-refractivity contribution in [2.45, 2.75) is 6.04 Å². The van der Waals surface area contributed by atoms with Crippen molar-refractivity contribution in [2.75, 3.05) is 25.9 Å². The third-order valence-electron chi connectivity index (χ3n) is 1.81. The van der Waals surface area contributed by atoms with Gasteiger partial charge in [-0.05, 0) is 0 Å². The molecule has 74 valence electrons. The molecule has 3 N–H and O–H groups in total. The molecule has 0 aromatic rings. The highest BCUT2D eigenvalue weighted by Crippen LogP contribution is 2.14. The normalized spacial score (nSPS) is 21.4. The average Bonchev–Trinajstić information content (AvgIpc) is 2.51. The summed E-state index contributed by atoms with van der Waals surface area (Å²) in [6.07, 6.45) is 0. The van der Waals surface area contributed by atoms with Crippen LogP contribution in [0, 0.1) is 0 Å². The van der Waals surface area contributed by atoms with E-state index in [1.165, 1.54) is 4.90 Å². The van der Waals surface area contributed by atoms with Gasteiger partial charge in [0, 0.05) is 25.9 Å². The summed E-state index contributed by atoms with van der Waals surface area (Å²) in [5.41, 5.74) is 5.31. The Bertz CT molecular complexity index is 222. The summed E-state index contributed by atoms with van der Waals surface area (Å²) in [6.45, 7) is 0.964. The van der Waals surface area contributed by atoms with E-state index in [4.69, 9.17) is 5.73 Å². The van der Waals surface area contributed by atoms with E-state index in [2.05, 4.69) is 5.32 Å². The van der Waals surface area contributed by atoms with Gasteiger partial charge in [-0.2, -0.15) is 0 Å². The Morgan fingerprint density at radius 3 is 3.00 bits per heavy atom. The largest absolute Gasteiger partial charge is 0.343 e. The summed E-state index contributed by atoms with van der Waals surface area (Å²) < 4.78 is 0. The van der Waals surface area contributed by atoms with Crippen molar-refractivity contribution < 1.29 is 9.59 Å². The molecule has 0 aromatic carbocycles. The lowest BCUT2D eigenvalue weighted by molar-refractivity contribution is -0.131. The predicted octanol–water partition coefficient (Wildman–Crippen LogP) is -0.771. The standard InChI is InChI=1S/C7H13N3O2S/c1-10(3-2-8)6(11)5-4-13-7(12)9-5/h5H,2-4,8H2,1H3,(H,9,12). The van der Waals surface area contributed by atoms with Crippen LogP contribution in [0.5, 0.6) is 0 Å². The third-order valence-corrected chi connectivity index (χ3v) is 2.69. The van der Waals surface area contributed by atoms with Crippen LogP contribution in [0.25, 0.3) is 0 Å². The van der Waals surface area contributed by atoms with Gasteiger partial charge in [0.15, 0.2) is 0 Å². The number of amides is 2.